The van der Waals surface area contributed by atoms with Crippen LogP contribution in [0.1, 0.15) is 39.0 Å². The van der Waals surface area contributed by atoms with Crippen LogP contribution in [0.5, 0.6) is 0 Å². The number of aromatic amines is 1. The number of amides is 1. The van der Waals surface area contributed by atoms with E-state index in [1.165, 1.54) is 0 Å². The van der Waals surface area contributed by atoms with Gasteiger partial charge in [0.25, 0.3) is 0 Å². The van der Waals surface area contributed by atoms with Gasteiger partial charge in [-0.2, -0.15) is 16.4 Å². The Bertz CT molecular complexity index is 670. The maximum absolute atomic E-state index is 12.4. The monoisotopic (exact) mass is 319 g/mol. The second-order valence-electron chi connectivity index (χ2n) is 6.70. The Hall–Kier alpha value is -1.82. The molecule has 3 heterocycles. The normalized spacial score (nSPS) is 18.2. The van der Waals surface area contributed by atoms with E-state index in [9.17, 15) is 4.79 Å². The standard InChI is InChI=1S/C16H21N3O2S/c1-10-7-13-12(8-19(10)15(20)21-16(2,3)4)14(18-17-13)11-5-6-22-9-11/h5-6,9-10H,7-8H2,1-4H3,(H,17,18). The number of ether oxygens (including phenoxy) is 1. The molecule has 1 atom stereocenters. The van der Waals surface area contributed by atoms with E-state index in [0.29, 0.717) is 6.54 Å². The Morgan fingerprint density at radius 2 is 2.27 bits per heavy atom. The van der Waals surface area contributed by atoms with Crippen LogP contribution >= 0.6 is 11.3 Å². The third kappa shape index (κ3) is 2.88. The number of H-pyrrole nitrogens is 1. The molecule has 0 bridgehead atoms. The molecule has 0 saturated heterocycles. The average molecular weight is 319 g/mol. The smallest absolute Gasteiger partial charge is 0.410 e. The van der Waals surface area contributed by atoms with Gasteiger partial charge in [-0.15, -0.1) is 0 Å². The molecule has 6 heteroatoms. The van der Waals surface area contributed by atoms with Crippen molar-refractivity contribution in [1.82, 2.24) is 15.1 Å². The largest absolute Gasteiger partial charge is 0.444 e. The number of hydrogen-bond donors (Lipinski definition) is 1. The number of rotatable bonds is 1. The Kier molecular flexibility index (Phi) is 3.72. The topological polar surface area (TPSA) is 58.2 Å². The zero-order valence-corrected chi connectivity index (χ0v) is 14.2. The van der Waals surface area contributed by atoms with Gasteiger partial charge in [0.2, 0.25) is 0 Å². The number of hydrogen-bond acceptors (Lipinski definition) is 4. The van der Waals surface area contributed by atoms with Crippen molar-refractivity contribution in [2.45, 2.75) is 52.3 Å². The number of nitrogens with one attached hydrogen (secondary N) is 1. The molecule has 2 aromatic heterocycles. The van der Waals surface area contributed by atoms with Crippen LogP contribution in [0, 0.1) is 0 Å². The Morgan fingerprint density at radius 3 is 2.91 bits per heavy atom. The highest BCUT2D eigenvalue weighted by Crippen LogP contribution is 2.32. The quantitative estimate of drug-likeness (QED) is 0.869. The summed E-state index contributed by atoms with van der Waals surface area (Å²) < 4.78 is 5.53. The molecule has 0 saturated carbocycles. The summed E-state index contributed by atoms with van der Waals surface area (Å²) in [6, 6.07) is 2.15. The summed E-state index contributed by atoms with van der Waals surface area (Å²) in [4.78, 5) is 14.2. The van der Waals surface area contributed by atoms with Gasteiger partial charge < -0.3 is 9.64 Å². The van der Waals surface area contributed by atoms with E-state index in [-0.39, 0.29) is 12.1 Å². The molecule has 0 aliphatic carbocycles. The lowest BCUT2D eigenvalue weighted by Crippen LogP contribution is -2.45. The lowest BCUT2D eigenvalue weighted by atomic mass is 9.98. The van der Waals surface area contributed by atoms with Crippen molar-refractivity contribution in [3.63, 3.8) is 0 Å². The van der Waals surface area contributed by atoms with E-state index in [0.717, 1.165) is 28.9 Å². The maximum atomic E-state index is 12.4. The molecule has 1 N–H and O–H groups in total. The lowest BCUT2D eigenvalue weighted by molar-refractivity contribution is 0.0138. The number of nitrogens with zero attached hydrogens (tertiary/aromatic N) is 2. The molecule has 22 heavy (non-hydrogen) atoms. The van der Waals surface area contributed by atoms with Gasteiger partial charge >= 0.3 is 6.09 Å². The number of thiophene rings is 1. The van der Waals surface area contributed by atoms with Crippen molar-refractivity contribution in [3.05, 3.63) is 28.1 Å². The van der Waals surface area contributed by atoms with Gasteiger partial charge in [0, 0.05) is 34.7 Å². The van der Waals surface area contributed by atoms with Crippen LogP contribution in [0.15, 0.2) is 16.8 Å². The average Bonchev–Trinajstić information content (AvgIpc) is 3.02. The van der Waals surface area contributed by atoms with Crippen LogP contribution in [-0.2, 0) is 17.7 Å². The van der Waals surface area contributed by atoms with Gasteiger partial charge in [-0.25, -0.2) is 4.79 Å². The number of carbonyl (C=O) groups excluding carboxylic acids is 1. The van der Waals surface area contributed by atoms with Crippen molar-refractivity contribution in [2.24, 2.45) is 0 Å². The lowest BCUT2D eigenvalue weighted by Gasteiger charge is -2.34. The number of fused-ring (bicyclic) bond motifs is 1. The van der Waals surface area contributed by atoms with Crippen molar-refractivity contribution < 1.29 is 9.53 Å². The molecule has 5 nitrogen and oxygen atoms in total. The summed E-state index contributed by atoms with van der Waals surface area (Å²) in [5, 5.41) is 11.7. The van der Waals surface area contributed by atoms with Crippen LogP contribution in [0.2, 0.25) is 0 Å². The summed E-state index contributed by atoms with van der Waals surface area (Å²) in [6.07, 6.45) is 0.509. The fourth-order valence-corrected chi connectivity index (χ4v) is 3.32. The molecule has 1 amide bonds. The van der Waals surface area contributed by atoms with Crippen molar-refractivity contribution >= 4 is 17.4 Å². The Labute approximate surface area is 134 Å². The SMILES string of the molecule is CC1Cc2[nH]nc(-c3ccsc3)c2CN1C(=O)OC(C)(C)C. The van der Waals surface area contributed by atoms with Crippen LogP contribution in [-0.4, -0.2) is 32.8 Å². The Balaban J connectivity index is 1.87. The van der Waals surface area contributed by atoms with Gasteiger partial charge in [-0.05, 0) is 39.1 Å². The zero-order chi connectivity index (χ0) is 15.9. The molecule has 1 aliphatic rings. The Morgan fingerprint density at radius 1 is 1.50 bits per heavy atom. The molecule has 0 fully saturated rings. The molecular formula is C16H21N3O2S. The third-order valence-corrected chi connectivity index (χ3v) is 4.42. The highest BCUT2D eigenvalue weighted by Gasteiger charge is 2.33. The molecular weight excluding hydrogens is 298 g/mol. The van der Waals surface area contributed by atoms with E-state index >= 15 is 0 Å². The molecule has 3 rings (SSSR count). The van der Waals surface area contributed by atoms with Crippen molar-refractivity contribution in [2.75, 3.05) is 0 Å². The number of carbonyl (C=O) groups is 1. The first kappa shape index (κ1) is 15.1. The maximum Gasteiger partial charge on any atom is 0.410 e. The minimum absolute atomic E-state index is 0.0955. The highest BCUT2D eigenvalue weighted by atomic mass is 32.1. The first-order valence-electron chi connectivity index (χ1n) is 7.43. The fraction of sp³-hybridized carbons (Fsp3) is 0.500. The van der Waals surface area contributed by atoms with Crippen LogP contribution < -0.4 is 0 Å². The third-order valence-electron chi connectivity index (χ3n) is 3.74. The van der Waals surface area contributed by atoms with Gasteiger partial charge in [-0.1, -0.05) is 0 Å². The van der Waals surface area contributed by atoms with E-state index in [4.69, 9.17) is 4.74 Å². The van der Waals surface area contributed by atoms with Crippen molar-refractivity contribution in [1.29, 1.82) is 0 Å². The van der Waals surface area contributed by atoms with Gasteiger partial charge in [-0.3, -0.25) is 5.10 Å². The predicted molar refractivity (Wildman–Crippen MR) is 86.8 cm³/mol. The van der Waals surface area contributed by atoms with Gasteiger partial charge in [0.15, 0.2) is 0 Å². The van der Waals surface area contributed by atoms with Crippen LogP contribution in [0.25, 0.3) is 11.3 Å². The van der Waals surface area contributed by atoms with E-state index < -0.39 is 5.60 Å². The predicted octanol–water partition coefficient (Wildman–Crippen LogP) is 3.82. The first-order valence-corrected chi connectivity index (χ1v) is 8.38. The summed E-state index contributed by atoms with van der Waals surface area (Å²) in [5.74, 6) is 0. The second kappa shape index (κ2) is 5.43. The minimum atomic E-state index is -0.482. The highest BCUT2D eigenvalue weighted by molar-refractivity contribution is 7.08. The van der Waals surface area contributed by atoms with Crippen LogP contribution in [0.4, 0.5) is 4.79 Å². The van der Waals surface area contributed by atoms with Gasteiger partial charge in [0.1, 0.15) is 5.60 Å². The number of aromatic nitrogens is 2. The second-order valence-corrected chi connectivity index (χ2v) is 7.48. The molecule has 0 aromatic carbocycles. The fourth-order valence-electron chi connectivity index (χ4n) is 2.68. The van der Waals surface area contributed by atoms with Crippen LogP contribution in [0.3, 0.4) is 0 Å². The molecule has 1 aliphatic heterocycles. The zero-order valence-electron chi connectivity index (χ0n) is 13.3. The van der Waals surface area contributed by atoms with E-state index in [2.05, 4.69) is 21.6 Å². The summed E-state index contributed by atoms with van der Waals surface area (Å²) in [5.41, 5.74) is 3.78. The molecule has 2 aromatic rings. The summed E-state index contributed by atoms with van der Waals surface area (Å²) >= 11 is 1.64. The summed E-state index contributed by atoms with van der Waals surface area (Å²) in [7, 11) is 0. The van der Waals surface area contributed by atoms with E-state index in [1.807, 2.05) is 33.1 Å². The molecule has 0 spiro atoms. The minimum Gasteiger partial charge on any atom is -0.444 e. The molecule has 0 radical (unpaired) electrons. The van der Waals surface area contributed by atoms with Gasteiger partial charge in [0.05, 0.1) is 12.2 Å². The molecule has 118 valence electrons. The first-order chi connectivity index (χ1) is 10.3. The molecule has 1 unspecified atom stereocenters. The summed E-state index contributed by atoms with van der Waals surface area (Å²) in [6.45, 7) is 8.24. The van der Waals surface area contributed by atoms with Crippen molar-refractivity contribution in [3.8, 4) is 11.3 Å². The van der Waals surface area contributed by atoms with E-state index in [1.54, 1.807) is 16.2 Å².